The fourth-order valence-electron chi connectivity index (χ4n) is 3.74. The van der Waals surface area contributed by atoms with E-state index in [0.717, 1.165) is 35.4 Å². The molecule has 0 saturated carbocycles. The Morgan fingerprint density at radius 2 is 2.13 bits per heavy atom. The van der Waals surface area contributed by atoms with Gasteiger partial charge < -0.3 is 25.7 Å². The minimum atomic E-state index is -1.79. The summed E-state index contributed by atoms with van der Waals surface area (Å²) in [7, 11) is 1.87. The summed E-state index contributed by atoms with van der Waals surface area (Å²) in [6.07, 6.45) is 7.42. The SMILES string of the molecule is CNC1=CC=C(C2CCCN2C(=O)C(O)C(O)C(=O)NCCc2cccs2)C=CC1. The summed E-state index contributed by atoms with van der Waals surface area (Å²) in [5.41, 5.74) is 2.06. The zero-order valence-corrected chi connectivity index (χ0v) is 17.9. The maximum atomic E-state index is 12.9. The van der Waals surface area contributed by atoms with Gasteiger partial charge in [0, 0.05) is 37.1 Å². The van der Waals surface area contributed by atoms with Gasteiger partial charge in [-0.1, -0.05) is 24.3 Å². The van der Waals surface area contributed by atoms with E-state index in [1.165, 1.54) is 0 Å². The zero-order valence-electron chi connectivity index (χ0n) is 17.1. The second-order valence-electron chi connectivity index (χ2n) is 7.41. The van der Waals surface area contributed by atoms with Crippen molar-refractivity contribution in [2.24, 2.45) is 0 Å². The fourth-order valence-corrected chi connectivity index (χ4v) is 4.45. The summed E-state index contributed by atoms with van der Waals surface area (Å²) in [5.74, 6) is -1.35. The molecule has 1 fully saturated rings. The van der Waals surface area contributed by atoms with Crippen LogP contribution in [-0.2, 0) is 16.0 Å². The molecule has 2 amide bonds. The molecule has 0 aromatic carbocycles. The Bertz CT molecular complexity index is 831. The molecule has 0 radical (unpaired) electrons. The van der Waals surface area contributed by atoms with Gasteiger partial charge >= 0.3 is 0 Å². The number of nitrogens with one attached hydrogen (secondary N) is 2. The Kier molecular flexibility index (Phi) is 7.84. The van der Waals surface area contributed by atoms with Crippen LogP contribution in [0.5, 0.6) is 0 Å². The number of nitrogens with zero attached hydrogens (tertiary/aromatic N) is 1. The van der Waals surface area contributed by atoms with Crippen molar-refractivity contribution in [2.75, 3.05) is 20.1 Å². The van der Waals surface area contributed by atoms with Crippen LogP contribution in [0.1, 0.15) is 24.1 Å². The molecular weight excluding hydrogens is 402 g/mol. The maximum Gasteiger partial charge on any atom is 0.255 e. The Morgan fingerprint density at radius 3 is 2.87 bits per heavy atom. The standard InChI is InChI=1S/C22H29N3O4S/c1-23-16-6-2-5-15(9-10-16)18-8-3-13-25(18)22(29)20(27)19(26)21(28)24-12-11-17-7-4-14-30-17/h2,4-5,7,9-10,14,18-20,23,26-27H,3,6,8,11-13H2,1H3,(H,24,28). The molecular formula is C22H29N3O4S. The molecule has 3 atom stereocenters. The normalized spacial score (nSPS) is 20.8. The summed E-state index contributed by atoms with van der Waals surface area (Å²) in [6.45, 7) is 0.822. The van der Waals surface area contributed by atoms with E-state index < -0.39 is 24.0 Å². The first-order valence-corrected chi connectivity index (χ1v) is 11.1. The molecule has 1 aliphatic heterocycles. The third-order valence-electron chi connectivity index (χ3n) is 5.44. The number of allylic oxidation sites excluding steroid dienone is 3. The van der Waals surface area contributed by atoms with Crippen LogP contribution in [0.3, 0.4) is 0 Å². The van der Waals surface area contributed by atoms with Gasteiger partial charge in [0.2, 0.25) is 0 Å². The van der Waals surface area contributed by atoms with Crippen molar-refractivity contribution in [3.63, 3.8) is 0 Å². The average molecular weight is 432 g/mol. The van der Waals surface area contributed by atoms with Crippen molar-refractivity contribution in [3.8, 4) is 0 Å². The van der Waals surface area contributed by atoms with E-state index in [2.05, 4.69) is 10.6 Å². The summed E-state index contributed by atoms with van der Waals surface area (Å²) in [5, 5.41) is 28.3. The molecule has 30 heavy (non-hydrogen) atoms. The first-order valence-electron chi connectivity index (χ1n) is 10.2. The first-order chi connectivity index (χ1) is 14.5. The average Bonchev–Trinajstić information content (AvgIpc) is 3.40. The fraction of sp³-hybridized carbons (Fsp3) is 0.455. The van der Waals surface area contributed by atoms with Gasteiger partial charge in [-0.05, 0) is 42.4 Å². The third kappa shape index (κ3) is 5.38. The van der Waals surface area contributed by atoms with Crippen molar-refractivity contribution in [2.45, 2.75) is 43.9 Å². The second kappa shape index (κ2) is 10.6. The van der Waals surface area contributed by atoms with Crippen molar-refractivity contribution >= 4 is 23.2 Å². The van der Waals surface area contributed by atoms with Gasteiger partial charge in [0.15, 0.2) is 12.2 Å². The molecule has 0 bridgehead atoms. The molecule has 3 rings (SSSR count). The quantitative estimate of drug-likeness (QED) is 0.494. The number of aliphatic hydroxyl groups excluding tert-OH is 2. The molecule has 8 heteroatoms. The first kappa shape index (κ1) is 22.3. The minimum Gasteiger partial charge on any atom is -0.391 e. The Morgan fingerprint density at radius 1 is 1.30 bits per heavy atom. The number of carbonyl (C=O) groups excluding carboxylic acids is 2. The molecule has 3 unspecified atom stereocenters. The second-order valence-corrected chi connectivity index (χ2v) is 8.45. The van der Waals surface area contributed by atoms with Crippen LogP contribution in [0.2, 0.25) is 0 Å². The van der Waals surface area contributed by atoms with Crippen LogP contribution >= 0.6 is 11.3 Å². The zero-order chi connectivity index (χ0) is 21.5. The minimum absolute atomic E-state index is 0.176. The van der Waals surface area contributed by atoms with Gasteiger partial charge in [0.25, 0.3) is 11.8 Å². The van der Waals surface area contributed by atoms with Gasteiger partial charge in [-0.2, -0.15) is 0 Å². The molecule has 0 spiro atoms. The van der Waals surface area contributed by atoms with E-state index in [-0.39, 0.29) is 6.04 Å². The van der Waals surface area contributed by atoms with E-state index >= 15 is 0 Å². The summed E-state index contributed by atoms with van der Waals surface area (Å²) >= 11 is 1.58. The Balaban J connectivity index is 1.59. The lowest BCUT2D eigenvalue weighted by Gasteiger charge is -2.29. The molecule has 4 N–H and O–H groups in total. The number of hydrogen-bond donors (Lipinski definition) is 4. The topological polar surface area (TPSA) is 102 Å². The summed E-state index contributed by atoms with van der Waals surface area (Å²) < 4.78 is 0. The number of hydrogen-bond acceptors (Lipinski definition) is 6. The molecule has 2 heterocycles. The van der Waals surface area contributed by atoms with E-state index in [1.54, 1.807) is 16.2 Å². The van der Waals surface area contributed by atoms with Crippen LogP contribution < -0.4 is 10.6 Å². The largest absolute Gasteiger partial charge is 0.391 e. The van der Waals surface area contributed by atoms with Gasteiger partial charge in [0.05, 0.1) is 6.04 Å². The molecule has 1 aliphatic carbocycles. The summed E-state index contributed by atoms with van der Waals surface area (Å²) in [4.78, 5) is 27.8. The van der Waals surface area contributed by atoms with Crippen LogP contribution in [0.4, 0.5) is 0 Å². The highest BCUT2D eigenvalue weighted by Gasteiger charge is 2.38. The highest BCUT2D eigenvalue weighted by molar-refractivity contribution is 7.09. The number of thiophene rings is 1. The lowest BCUT2D eigenvalue weighted by atomic mass is 10.0. The highest BCUT2D eigenvalue weighted by Crippen LogP contribution is 2.27. The van der Waals surface area contributed by atoms with Crippen molar-refractivity contribution in [1.82, 2.24) is 15.5 Å². The van der Waals surface area contributed by atoms with Crippen molar-refractivity contribution < 1.29 is 19.8 Å². The monoisotopic (exact) mass is 431 g/mol. The number of carbonyl (C=O) groups is 2. The van der Waals surface area contributed by atoms with E-state index in [1.807, 2.05) is 48.9 Å². The lowest BCUT2D eigenvalue weighted by molar-refractivity contribution is -0.153. The maximum absolute atomic E-state index is 12.9. The van der Waals surface area contributed by atoms with Gasteiger partial charge in [-0.25, -0.2) is 0 Å². The van der Waals surface area contributed by atoms with Crippen LogP contribution in [0, 0.1) is 0 Å². The number of amides is 2. The smallest absolute Gasteiger partial charge is 0.255 e. The highest BCUT2D eigenvalue weighted by atomic mass is 32.1. The number of likely N-dealkylation sites (tertiary alicyclic amines) is 1. The van der Waals surface area contributed by atoms with E-state index in [4.69, 9.17) is 0 Å². The Hall–Kier alpha value is -2.42. The van der Waals surface area contributed by atoms with Crippen LogP contribution in [0.15, 0.2) is 53.1 Å². The predicted molar refractivity (Wildman–Crippen MR) is 117 cm³/mol. The summed E-state index contributed by atoms with van der Waals surface area (Å²) in [6, 6.07) is 3.72. The molecule has 7 nitrogen and oxygen atoms in total. The van der Waals surface area contributed by atoms with Crippen molar-refractivity contribution in [1.29, 1.82) is 0 Å². The molecule has 1 aromatic rings. The number of aliphatic hydroxyl groups is 2. The Labute approximate surface area is 180 Å². The van der Waals surface area contributed by atoms with E-state index in [9.17, 15) is 19.8 Å². The molecule has 2 aliphatic rings. The predicted octanol–water partition coefficient (Wildman–Crippen LogP) is 1.11. The van der Waals surface area contributed by atoms with Crippen LogP contribution in [0.25, 0.3) is 0 Å². The number of rotatable bonds is 8. The molecule has 1 saturated heterocycles. The van der Waals surface area contributed by atoms with Crippen LogP contribution in [-0.4, -0.2) is 65.3 Å². The van der Waals surface area contributed by atoms with Gasteiger partial charge in [0.1, 0.15) is 0 Å². The molecule has 162 valence electrons. The van der Waals surface area contributed by atoms with Crippen molar-refractivity contribution in [3.05, 3.63) is 58.0 Å². The third-order valence-corrected chi connectivity index (χ3v) is 6.37. The van der Waals surface area contributed by atoms with Gasteiger partial charge in [-0.15, -0.1) is 11.3 Å². The lowest BCUT2D eigenvalue weighted by Crippen LogP contribution is -2.52. The van der Waals surface area contributed by atoms with Gasteiger partial charge in [-0.3, -0.25) is 9.59 Å². The molecule has 1 aromatic heterocycles. The van der Waals surface area contributed by atoms with E-state index in [0.29, 0.717) is 19.5 Å².